The Labute approximate surface area is 175 Å². The molecule has 0 bridgehead atoms. The maximum atomic E-state index is 12.2. The summed E-state index contributed by atoms with van der Waals surface area (Å²) in [5.41, 5.74) is 2.65. The number of thiocarbonyl (C=S) groups is 1. The number of nitrogens with zero attached hydrogens (tertiary/aromatic N) is 1. The van der Waals surface area contributed by atoms with Crippen molar-refractivity contribution < 1.29 is 14.3 Å². The van der Waals surface area contributed by atoms with Gasteiger partial charge in [-0.15, -0.1) is 0 Å². The molecular weight excluding hydrogens is 396 g/mol. The Morgan fingerprint density at radius 2 is 1.89 bits per heavy atom. The summed E-state index contributed by atoms with van der Waals surface area (Å²) < 4.78 is 11.1. The third kappa shape index (κ3) is 4.94. The van der Waals surface area contributed by atoms with Gasteiger partial charge in [0.1, 0.15) is 4.99 Å². The van der Waals surface area contributed by atoms with Gasteiger partial charge < -0.3 is 19.7 Å². The SMILES string of the molecule is COc1cc(C(=S)N2CCCC2)cc(Cl)c1OCC(=O)Nc1ccc(C)cc1. The summed E-state index contributed by atoms with van der Waals surface area (Å²) in [7, 11) is 1.54. The number of aryl methyl sites for hydroxylation is 1. The molecule has 1 heterocycles. The van der Waals surface area contributed by atoms with Gasteiger partial charge in [0.05, 0.1) is 12.1 Å². The van der Waals surface area contributed by atoms with Crippen LogP contribution in [0.3, 0.4) is 0 Å². The lowest BCUT2D eigenvalue weighted by atomic mass is 10.2. The average molecular weight is 419 g/mol. The summed E-state index contributed by atoms with van der Waals surface area (Å²) in [6.07, 6.45) is 2.28. The first kappa shape index (κ1) is 20.4. The van der Waals surface area contributed by atoms with E-state index in [1.807, 2.05) is 31.2 Å². The third-order valence-corrected chi connectivity index (χ3v) is 5.33. The maximum absolute atomic E-state index is 12.2. The van der Waals surface area contributed by atoms with E-state index < -0.39 is 0 Å². The van der Waals surface area contributed by atoms with E-state index in [2.05, 4.69) is 10.2 Å². The van der Waals surface area contributed by atoms with Crippen molar-refractivity contribution in [1.82, 2.24) is 4.90 Å². The van der Waals surface area contributed by atoms with Crippen molar-refractivity contribution in [3.63, 3.8) is 0 Å². The topological polar surface area (TPSA) is 50.8 Å². The Bertz CT molecular complexity index is 865. The fourth-order valence-electron chi connectivity index (χ4n) is 3.06. The zero-order valence-electron chi connectivity index (χ0n) is 16.0. The van der Waals surface area contributed by atoms with E-state index in [1.165, 1.54) is 7.11 Å². The minimum atomic E-state index is -0.279. The van der Waals surface area contributed by atoms with Crippen LogP contribution in [0.5, 0.6) is 11.5 Å². The van der Waals surface area contributed by atoms with Gasteiger partial charge in [0, 0.05) is 24.3 Å². The molecule has 1 saturated heterocycles. The van der Waals surface area contributed by atoms with Gasteiger partial charge in [0.25, 0.3) is 5.91 Å². The van der Waals surface area contributed by atoms with Crippen molar-refractivity contribution in [2.24, 2.45) is 0 Å². The molecule has 1 fully saturated rings. The number of amides is 1. The lowest BCUT2D eigenvalue weighted by molar-refractivity contribution is -0.118. The highest BCUT2D eigenvalue weighted by atomic mass is 35.5. The van der Waals surface area contributed by atoms with Gasteiger partial charge in [-0.3, -0.25) is 4.79 Å². The molecule has 1 N–H and O–H groups in total. The molecule has 1 amide bonds. The van der Waals surface area contributed by atoms with E-state index >= 15 is 0 Å². The monoisotopic (exact) mass is 418 g/mol. The molecule has 0 unspecified atom stereocenters. The van der Waals surface area contributed by atoms with E-state index in [-0.39, 0.29) is 12.5 Å². The summed E-state index contributed by atoms with van der Waals surface area (Å²) in [6.45, 7) is 3.72. The molecule has 0 aromatic heterocycles. The van der Waals surface area contributed by atoms with Gasteiger partial charge >= 0.3 is 0 Å². The largest absolute Gasteiger partial charge is 0.493 e. The molecule has 2 aromatic rings. The zero-order valence-corrected chi connectivity index (χ0v) is 17.5. The fourth-order valence-corrected chi connectivity index (χ4v) is 3.62. The van der Waals surface area contributed by atoms with E-state index in [9.17, 15) is 4.79 Å². The summed E-state index contributed by atoms with van der Waals surface area (Å²) in [5, 5.41) is 3.15. The number of hydrogen-bond donors (Lipinski definition) is 1. The summed E-state index contributed by atoms with van der Waals surface area (Å²) in [4.78, 5) is 15.1. The molecule has 0 spiro atoms. The molecule has 3 rings (SSSR count). The number of likely N-dealkylation sites (tertiary alicyclic amines) is 1. The van der Waals surface area contributed by atoms with Gasteiger partial charge in [0.2, 0.25) is 0 Å². The second-order valence-corrected chi connectivity index (χ2v) is 7.49. The van der Waals surface area contributed by atoms with Gasteiger partial charge in [-0.05, 0) is 44.0 Å². The molecule has 0 aliphatic carbocycles. The molecule has 0 radical (unpaired) electrons. The Hall–Kier alpha value is -2.31. The highest BCUT2D eigenvalue weighted by Gasteiger charge is 2.20. The Morgan fingerprint density at radius 3 is 2.54 bits per heavy atom. The van der Waals surface area contributed by atoms with E-state index in [4.69, 9.17) is 33.3 Å². The molecule has 0 atom stereocenters. The molecule has 1 aliphatic heterocycles. The minimum Gasteiger partial charge on any atom is -0.493 e. The summed E-state index contributed by atoms with van der Waals surface area (Å²) in [6, 6.07) is 11.1. The number of ether oxygens (including phenoxy) is 2. The number of halogens is 1. The van der Waals surface area contributed by atoms with E-state index in [0.717, 1.165) is 42.0 Å². The van der Waals surface area contributed by atoms with Crippen molar-refractivity contribution >= 4 is 40.4 Å². The molecule has 148 valence electrons. The number of carbonyl (C=O) groups is 1. The van der Waals surface area contributed by atoms with Crippen LogP contribution in [0.25, 0.3) is 0 Å². The number of methoxy groups -OCH3 is 1. The standard InChI is InChI=1S/C21H23ClN2O3S/c1-14-5-7-16(8-6-14)23-19(25)13-27-20-17(22)11-15(12-18(20)26-2)21(28)24-9-3-4-10-24/h5-8,11-12H,3-4,9-10,13H2,1-2H3,(H,23,25). The number of carbonyl (C=O) groups excluding carboxylic acids is 1. The van der Waals surface area contributed by atoms with Gasteiger partial charge in [0.15, 0.2) is 18.1 Å². The average Bonchev–Trinajstić information content (AvgIpc) is 3.22. The Balaban J connectivity index is 1.68. The molecule has 2 aromatic carbocycles. The van der Waals surface area contributed by atoms with Crippen molar-refractivity contribution in [1.29, 1.82) is 0 Å². The number of rotatable bonds is 6. The molecule has 0 saturated carbocycles. The molecule has 5 nitrogen and oxygen atoms in total. The highest BCUT2D eigenvalue weighted by molar-refractivity contribution is 7.80. The normalized spacial score (nSPS) is 13.3. The van der Waals surface area contributed by atoms with Crippen LogP contribution in [0.2, 0.25) is 5.02 Å². The first-order valence-electron chi connectivity index (χ1n) is 9.14. The van der Waals surface area contributed by atoms with Crippen molar-refractivity contribution in [3.8, 4) is 11.5 Å². The second kappa shape index (κ2) is 9.26. The lowest BCUT2D eigenvalue weighted by Gasteiger charge is -2.20. The third-order valence-electron chi connectivity index (χ3n) is 4.55. The quantitative estimate of drug-likeness (QED) is 0.702. The number of hydrogen-bond acceptors (Lipinski definition) is 4. The van der Waals surface area contributed by atoms with Gasteiger partial charge in [-0.1, -0.05) is 41.5 Å². The maximum Gasteiger partial charge on any atom is 0.262 e. The van der Waals surface area contributed by atoms with Crippen LogP contribution in [0.1, 0.15) is 24.0 Å². The van der Waals surface area contributed by atoms with E-state index in [0.29, 0.717) is 22.2 Å². The van der Waals surface area contributed by atoms with Gasteiger partial charge in [-0.25, -0.2) is 0 Å². The first-order valence-corrected chi connectivity index (χ1v) is 9.92. The van der Waals surface area contributed by atoms with Crippen molar-refractivity contribution in [3.05, 3.63) is 52.5 Å². The predicted octanol–water partition coefficient (Wildman–Crippen LogP) is 4.45. The molecule has 7 heteroatoms. The fraction of sp³-hybridized carbons (Fsp3) is 0.333. The van der Waals surface area contributed by atoms with Crippen LogP contribution in [-0.4, -0.2) is 42.6 Å². The van der Waals surface area contributed by atoms with Crippen LogP contribution in [0.4, 0.5) is 5.69 Å². The van der Waals surface area contributed by atoms with Crippen molar-refractivity contribution in [2.75, 3.05) is 32.1 Å². The predicted molar refractivity (Wildman–Crippen MR) is 116 cm³/mol. The Morgan fingerprint density at radius 1 is 1.21 bits per heavy atom. The minimum absolute atomic E-state index is 0.181. The van der Waals surface area contributed by atoms with Crippen LogP contribution < -0.4 is 14.8 Å². The lowest BCUT2D eigenvalue weighted by Crippen LogP contribution is -2.26. The van der Waals surface area contributed by atoms with E-state index in [1.54, 1.807) is 12.1 Å². The number of benzene rings is 2. The number of nitrogens with one attached hydrogen (secondary N) is 1. The van der Waals surface area contributed by atoms with Crippen LogP contribution in [0.15, 0.2) is 36.4 Å². The van der Waals surface area contributed by atoms with Gasteiger partial charge in [-0.2, -0.15) is 0 Å². The number of anilines is 1. The smallest absolute Gasteiger partial charge is 0.262 e. The van der Waals surface area contributed by atoms with Crippen LogP contribution in [-0.2, 0) is 4.79 Å². The Kier molecular flexibility index (Phi) is 6.75. The van der Waals surface area contributed by atoms with Crippen molar-refractivity contribution in [2.45, 2.75) is 19.8 Å². The zero-order chi connectivity index (χ0) is 20.1. The van der Waals surface area contributed by atoms with Crippen LogP contribution in [0, 0.1) is 6.92 Å². The molecular formula is C21H23ClN2O3S. The second-order valence-electron chi connectivity index (χ2n) is 6.69. The summed E-state index contributed by atoms with van der Waals surface area (Å²) >= 11 is 12.0. The summed E-state index contributed by atoms with van der Waals surface area (Å²) in [5.74, 6) is 0.502. The molecule has 1 aliphatic rings. The highest BCUT2D eigenvalue weighted by Crippen LogP contribution is 2.37. The molecule has 28 heavy (non-hydrogen) atoms. The van der Waals surface area contributed by atoms with Crippen LogP contribution >= 0.6 is 23.8 Å². The first-order chi connectivity index (χ1) is 13.5.